The fraction of sp³-hybridized carbons (Fsp3) is 0.750. The summed E-state index contributed by atoms with van der Waals surface area (Å²) < 4.78 is 0. The van der Waals surface area contributed by atoms with Gasteiger partial charge in [-0.15, -0.1) is 0 Å². The largest absolute Gasteiger partial charge is 0.393 e. The van der Waals surface area contributed by atoms with Crippen LogP contribution >= 0.6 is 0 Å². The van der Waals surface area contributed by atoms with Gasteiger partial charge in [0.15, 0.2) is 0 Å². The number of aliphatic hydroxyl groups excluding tert-OH is 1. The fourth-order valence-electron chi connectivity index (χ4n) is 1.32. The minimum absolute atomic E-state index is 0.0590. The van der Waals surface area contributed by atoms with Gasteiger partial charge >= 0.3 is 0 Å². The van der Waals surface area contributed by atoms with Crippen molar-refractivity contribution in [3.63, 3.8) is 0 Å². The van der Waals surface area contributed by atoms with Crippen LogP contribution in [0.2, 0.25) is 0 Å². The molecule has 0 saturated carbocycles. The molecule has 12 heavy (non-hydrogen) atoms. The molecule has 0 aromatic heterocycles. The monoisotopic (exact) mass is 170 g/mol. The Kier molecular flexibility index (Phi) is 3.29. The first kappa shape index (κ1) is 9.26. The molecule has 0 bridgehead atoms. The Morgan fingerprint density at radius 2 is 2.50 bits per heavy atom. The highest BCUT2D eigenvalue weighted by Crippen LogP contribution is 2.06. The summed E-state index contributed by atoms with van der Waals surface area (Å²) in [6.45, 7) is 3.28. The zero-order valence-electron chi connectivity index (χ0n) is 7.13. The normalized spacial score (nSPS) is 25.8. The van der Waals surface area contributed by atoms with E-state index >= 15 is 0 Å². The molecule has 1 saturated heterocycles. The number of carbonyl (C=O) groups excluding carboxylic acids is 1. The van der Waals surface area contributed by atoms with Crippen LogP contribution in [-0.2, 0) is 4.79 Å². The molecule has 1 aliphatic rings. The Labute approximate surface area is 71.7 Å². The highest BCUT2D eigenvalue weighted by atomic mass is 16.3. The van der Waals surface area contributed by atoms with Gasteiger partial charge in [-0.05, 0) is 13.3 Å². The SMILES string of the molecule is CC(O)CC1NCCNC1=C=O. The van der Waals surface area contributed by atoms with Gasteiger partial charge in [-0.3, -0.25) is 0 Å². The predicted octanol–water partition coefficient (Wildman–Crippen LogP) is -0.966. The van der Waals surface area contributed by atoms with E-state index in [4.69, 9.17) is 5.11 Å². The maximum atomic E-state index is 10.4. The van der Waals surface area contributed by atoms with Crippen molar-refractivity contribution in [2.24, 2.45) is 0 Å². The van der Waals surface area contributed by atoms with Crippen LogP contribution in [-0.4, -0.2) is 36.3 Å². The molecule has 0 spiro atoms. The van der Waals surface area contributed by atoms with Gasteiger partial charge in [0, 0.05) is 13.1 Å². The van der Waals surface area contributed by atoms with Gasteiger partial charge in [0.05, 0.1) is 12.1 Å². The van der Waals surface area contributed by atoms with Gasteiger partial charge in [-0.2, -0.15) is 0 Å². The average Bonchev–Trinajstić information content (AvgIpc) is 2.04. The Morgan fingerprint density at radius 1 is 1.75 bits per heavy atom. The Balaban J connectivity index is 2.54. The first-order valence-corrected chi connectivity index (χ1v) is 4.14. The average molecular weight is 170 g/mol. The molecule has 4 heteroatoms. The third-order valence-electron chi connectivity index (χ3n) is 1.87. The molecule has 2 atom stereocenters. The minimum Gasteiger partial charge on any atom is -0.393 e. The third-order valence-corrected chi connectivity index (χ3v) is 1.87. The van der Waals surface area contributed by atoms with Crippen LogP contribution in [0.4, 0.5) is 0 Å². The van der Waals surface area contributed by atoms with Crippen LogP contribution in [0, 0.1) is 0 Å². The van der Waals surface area contributed by atoms with Crippen molar-refractivity contribution >= 4 is 5.94 Å². The van der Waals surface area contributed by atoms with Gasteiger partial charge in [-0.25, -0.2) is 4.79 Å². The highest BCUT2D eigenvalue weighted by molar-refractivity contribution is 5.54. The molecule has 68 valence electrons. The Morgan fingerprint density at radius 3 is 3.08 bits per heavy atom. The molecular formula is C8H14N2O2. The molecule has 3 N–H and O–H groups in total. The van der Waals surface area contributed by atoms with Crippen LogP contribution in [0.1, 0.15) is 13.3 Å². The lowest BCUT2D eigenvalue weighted by atomic mass is 10.1. The Hall–Kier alpha value is -0.830. The molecule has 0 aromatic carbocycles. The van der Waals surface area contributed by atoms with E-state index in [1.807, 2.05) is 5.94 Å². The smallest absolute Gasteiger partial charge is 0.147 e. The molecule has 1 heterocycles. The lowest BCUT2D eigenvalue weighted by molar-refractivity contribution is 0.170. The summed E-state index contributed by atoms with van der Waals surface area (Å²) in [5, 5.41) is 15.2. The van der Waals surface area contributed by atoms with E-state index < -0.39 is 6.10 Å². The molecule has 0 aliphatic carbocycles. The predicted molar refractivity (Wildman–Crippen MR) is 45.3 cm³/mol. The number of aliphatic hydroxyl groups is 1. The standard InChI is InChI=1S/C8H14N2O2/c1-6(12)4-7-8(5-11)10-3-2-9-7/h6-7,9-10,12H,2-4H2,1H3. The summed E-state index contributed by atoms with van der Waals surface area (Å²) in [4.78, 5) is 10.4. The number of hydrogen-bond acceptors (Lipinski definition) is 4. The van der Waals surface area contributed by atoms with Gasteiger partial charge in [-0.1, -0.05) is 0 Å². The van der Waals surface area contributed by atoms with E-state index in [9.17, 15) is 4.79 Å². The molecule has 2 unspecified atom stereocenters. The highest BCUT2D eigenvalue weighted by Gasteiger charge is 2.20. The molecule has 1 rings (SSSR count). The quantitative estimate of drug-likeness (QED) is 0.467. The molecule has 1 fully saturated rings. The van der Waals surface area contributed by atoms with Crippen molar-refractivity contribution in [2.75, 3.05) is 13.1 Å². The molecule has 0 aromatic rings. The fourth-order valence-corrected chi connectivity index (χ4v) is 1.32. The molecule has 0 amide bonds. The van der Waals surface area contributed by atoms with Crippen LogP contribution < -0.4 is 10.6 Å². The molecule has 1 aliphatic heterocycles. The van der Waals surface area contributed by atoms with E-state index in [2.05, 4.69) is 10.6 Å². The molecule has 0 radical (unpaired) electrons. The maximum Gasteiger partial charge on any atom is 0.147 e. The van der Waals surface area contributed by atoms with Gasteiger partial charge in [0.1, 0.15) is 11.6 Å². The van der Waals surface area contributed by atoms with Crippen LogP contribution in [0.3, 0.4) is 0 Å². The van der Waals surface area contributed by atoms with E-state index in [0.29, 0.717) is 12.1 Å². The van der Waals surface area contributed by atoms with Crippen molar-refractivity contribution in [3.05, 3.63) is 5.70 Å². The van der Waals surface area contributed by atoms with Crippen molar-refractivity contribution in [2.45, 2.75) is 25.5 Å². The van der Waals surface area contributed by atoms with Crippen LogP contribution in [0.25, 0.3) is 0 Å². The molecule has 4 nitrogen and oxygen atoms in total. The summed E-state index contributed by atoms with van der Waals surface area (Å²) >= 11 is 0. The maximum absolute atomic E-state index is 10.4. The minimum atomic E-state index is -0.397. The second-order valence-corrected chi connectivity index (χ2v) is 3.03. The van der Waals surface area contributed by atoms with Crippen LogP contribution in [0.5, 0.6) is 0 Å². The van der Waals surface area contributed by atoms with E-state index in [0.717, 1.165) is 13.1 Å². The van der Waals surface area contributed by atoms with E-state index in [1.54, 1.807) is 6.92 Å². The van der Waals surface area contributed by atoms with Gasteiger partial charge in [0.25, 0.3) is 0 Å². The second-order valence-electron chi connectivity index (χ2n) is 3.03. The zero-order valence-corrected chi connectivity index (χ0v) is 7.13. The van der Waals surface area contributed by atoms with Crippen molar-refractivity contribution < 1.29 is 9.90 Å². The summed E-state index contributed by atoms with van der Waals surface area (Å²) in [5.41, 5.74) is 0.530. The van der Waals surface area contributed by atoms with Crippen LogP contribution in [0.15, 0.2) is 5.70 Å². The lowest BCUT2D eigenvalue weighted by Gasteiger charge is -2.26. The topological polar surface area (TPSA) is 61.4 Å². The first-order valence-electron chi connectivity index (χ1n) is 4.14. The zero-order chi connectivity index (χ0) is 8.97. The lowest BCUT2D eigenvalue weighted by Crippen LogP contribution is -2.47. The summed E-state index contributed by atoms with van der Waals surface area (Å²) in [6.07, 6.45) is 0.156. The molecular weight excluding hydrogens is 156 g/mol. The number of hydrogen-bond donors (Lipinski definition) is 3. The summed E-state index contributed by atoms with van der Waals surface area (Å²) in [5.74, 6) is 1.84. The summed E-state index contributed by atoms with van der Waals surface area (Å²) in [7, 11) is 0. The Bertz CT molecular complexity index is 197. The second kappa shape index (κ2) is 4.26. The van der Waals surface area contributed by atoms with Crippen molar-refractivity contribution in [1.82, 2.24) is 10.6 Å². The van der Waals surface area contributed by atoms with Crippen molar-refractivity contribution in [1.29, 1.82) is 0 Å². The number of piperazine rings is 1. The summed E-state index contributed by atoms with van der Waals surface area (Å²) in [6, 6.07) is -0.0590. The third kappa shape index (κ3) is 2.34. The number of rotatable bonds is 2. The van der Waals surface area contributed by atoms with Gasteiger partial charge in [0.2, 0.25) is 0 Å². The first-order chi connectivity index (χ1) is 5.74. The van der Waals surface area contributed by atoms with E-state index in [-0.39, 0.29) is 6.04 Å². The number of nitrogens with one attached hydrogen (secondary N) is 2. The van der Waals surface area contributed by atoms with E-state index in [1.165, 1.54) is 0 Å². The van der Waals surface area contributed by atoms with Crippen molar-refractivity contribution in [3.8, 4) is 0 Å². The van der Waals surface area contributed by atoms with Gasteiger partial charge < -0.3 is 15.7 Å².